The van der Waals surface area contributed by atoms with E-state index >= 15 is 0 Å². The molecule has 0 aromatic carbocycles. The van der Waals surface area contributed by atoms with E-state index < -0.39 is 0 Å². The molecule has 1 aromatic rings. The molecule has 1 aliphatic carbocycles. The van der Waals surface area contributed by atoms with Crippen LogP contribution in [0.2, 0.25) is 5.15 Å². The molecule has 1 fully saturated rings. The molecule has 17 heavy (non-hydrogen) atoms. The van der Waals surface area contributed by atoms with Crippen molar-refractivity contribution in [2.75, 3.05) is 6.54 Å². The van der Waals surface area contributed by atoms with Gasteiger partial charge in [0, 0.05) is 19.2 Å². The van der Waals surface area contributed by atoms with Gasteiger partial charge in [0.2, 0.25) is 0 Å². The van der Waals surface area contributed by atoms with Crippen molar-refractivity contribution < 1.29 is 0 Å². The van der Waals surface area contributed by atoms with Gasteiger partial charge >= 0.3 is 0 Å². The Bertz CT molecular complexity index is 386. The fraction of sp³-hybridized carbons (Fsp3) is 0.769. The first-order valence-corrected chi connectivity index (χ1v) is 6.84. The molecule has 1 heterocycles. The van der Waals surface area contributed by atoms with E-state index in [4.69, 9.17) is 11.6 Å². The zero-order chi connectivity index (χ0) is 12.4. The number of hydrogen-bond donors (Lipinski definition) is 1. The van der Waals surface area contributed by atoms with Crippen molar-refractivity contribution in [3.63, 3.8) is 0 Å². The summed E-state index contributed by atoms with van der Waals surface area (Å²) in [5.74, 6) is 1.76. The van der Waals surface area contributed by atoms with Crippen molar-refractivity contribution in [2.24, 2.45) is 18.9 Å². The SMILES string of the molecule is Cc1nn(C)c(Cl)c1CNCC1CCC(C)C1. The highest BCUT2D eigenvalue weighted by Crippen LogP contribution is 2.29. The molecule has 0 amide bonds. The van der Waals surface area contributed by atoms with E-state index in [0.29, 0.717) is 0 Å². The third kappa shape index (κ3) is 3.02. The summed E-state index contributed by atoms with van der Waals surface area (Å²) in [6, 6.07) is 0. The molecule has 0 aliphatic heterocycles. The molecule has 1 aliphatic rings. The van der Waals surface area contributed by atoms with Gasteiger partial charge in [-0.25, -0.2) is 0 Å². The Morgan fingerprint density at radius 1 is 1.47 bits per heavy atom. The molecular weight excluding hydrogens is 234 g/mol. The molecule has 0 radical (unpaired) electrons. The predicted octanol–water partition coefficient (Wildman–Crippen LogP) is 2.91. The van der Waals surface area contributed by atoms with Gasteiger partial charge < -0.3 is 5.32 Å². The Morgan fingerprint density at radius 2 is 2.24 bits per heavy atom. The number of rotatable bonds is 4. The lowest BCUT2D eigenvalue weighted by Crippen LogP contribution is -2.21. The van der Waals surface area contributed by atoms with Gasteiger partial charge in [-0.15, -0.1) is 0 Å². The zero-order valence-corrected chi connectivity index (χ0v) is 11.7. The Morgan fingerprint density at radius 3 is 2.76 bits per heavy atom. The quantitative estimate of drug-likeness (QED) is 0.897. The van der Waals surface area contributed by atoms with Crippen LogP contribution in [-0.2, 0) is 13.6 Å². The zero-order valence-electron chi connectivity index (χ0n) is 11.0. The van der Waals surface area contributed by atoms with E-state index in [1.54, 1.807) is 4.68 Å². The first-order chi connectivity index (χ1) is 8.08. The molecule has 2 rings (SSSR count). The van der Waals surface area contributed by atoms with Crippen molar-refractivity contribution in [1.29, 1.82) is 0 Å². The summed E-state index contributed by atoms with van der Waals surface area (Å²) in [6.45, 7) is 6.31. The molecule has 1 N–H and O–H groups in total. The summed E-state index contributed by atoms with van der Waals surface area (Å²) in [5, 5.41) is 8.60. The lowest BCUT2D eigenvalue weighted by Gasteiger charge is -2.10. The topological polar surface area (TPSA) is 29.9 Å². The lowest BCUT2D eigenvalue weighted by molar-refractivity contribution is 0.470. The molecule has 4 heteroatoms. The second kappa shape index (κ2) is 5.40. The monoisotopic (exact) mass is 255 g/mol. The second-order valence-electron chi connectivity index (χ2n) is 5.39. The second-order valence-corrected chi connectivity index (χ2v) is 5.75. The maximum atomic E-state index is 6.19. The minimum absolute atomic E-state index is 0.759. The molecule has 3 nitrogen and oxygen atoms in total. The minimum Gasteiger partial charge on any atom is -0.312 e. The Labute approximate surface area is 109 Å². The number of aryl methyl sites for hydroxylation is 2. The van der Waals surface area contributed by atoms with Crippen LogP contribution in [0.15, 0.2) is 0 Å². The summed E-state index contributed by atoms with van der Waals surface area (Å²) < 4.78 is 1.74. The van der Waals surface area contributed by atoms with Gasteiger partial charge in [0.05, 0.1) is 5.69 Å². The Kier molecular flexibility index (Phi) is 4.10. The average Bonchev–Trinajstić information content (AvgIpc) is 2.78. The summed E-state index contributed by atoms with van der Waals surface area (Å²) in [7, 11) is 1.89. The number of halogens is 1. The molecule has 0 saturated heterocycles. The van der Waals surface area contributed by atoms with E-state index in [1.165, 1.54) is 19.3 Å². The van der Waals surface area contributed by atoms with E-state index in [9.17, 15) is 0 Å². The van der Waals surface area contributed by atoms with Crippen LogP contribution in [0, 0.1) is 18.8 Å². The minimum atomic E-state index is 0.759. The van der Waals surface area contributed by atoms with Gasteiger partial charge in [0.25, 0.3) is 0 Å². The summed E-state index contributed by atoms with van der Waals surface area (Å²) in [4.78, 5) is 0. The van der Waals surface area contributed by atoms with E-state index in [-0.39, 0.29) is 0 Å². The fourth-order valence-electron chi connectivity index (χ4n) is 2.79. The summed E-state index contributed by atoms with van der Waals surface area (Å²) in [6.07, 6.45) is 4.12. The number of nitrogens with one attached hydrogen (secondary N) is 1. The van der Waals surface area contributed by atoms with Crippen molar-refractivity contribution in [3.05, 3.63) is 16.4 Å². The van der Waals surface area contributed by atoms with E-state index in [2.05, 4.69) is 17.3 Å². The van der Waals surface area contributed by atoms with E-state index in [1.807, 2.05) is 14.0 Å². The number of nitrogens with zero attached hydrogens (tertiary/aromatic N) is 2. The maximum absolute atomic E-state index is 6.19. The van der Waals surface area contributed by atoms with Gasteiger partial charge in [0.1, 0.15) is 5.15 Å². The van der Waals surface area contributed by atoms with Crippen LogP contribution >= 0.6 is 11.6 Å². The Balaban J connectivity index is 1.82. The van der Waals surface area contributed by atoms with Crippen LogP contribution in [0.1, 0.15) is 37.4 Å². The van der Waals surface area contributed by atoms with Crippen LogP contribution in [0.25, 0.3) is 0 Å². The molecule has 96 valence electrons. The summed E-state index contributed by atoms with van der Waals surface area (Å²) in [5.41, 5.74) is 2.17. The van der Waals surface area contributed by atoms with Crippen LogP contribution in [0.4, 0.5) is 0 Å². The van der Waals surface area contributed by atoms with Crippen molar-refractivity contribution in [1.82, 2.24) is 15.1 Å². The molecular formula is C13H22ClN3. The largest absolute Gasteiger partial charge is 0.312 e. The van der Waals surface area contributed by atoms with Crippen molar-refractivity contribution >= 4 is 11.6 Å². The number of hydrogen-bond acceptors (Lipinski definition) is 2. The molecule has 1 aromatic heterocycles. The standard InChI is InChI=1S/C13H22ClN3/c1-9-4-5-11(6-9)7-15-8-12-10(2)16-17(3)13(12)14/h9,11,15H,4-8H2,1-3H3. The first kappa shape index (κ1) is 12.9. The predicted molar refractivity (Wildman–Crippen MR) is 71.2 cm³/mol. The lowest BCUT2D eigenvalue weighted by atomic mass is 10.1. The third-order valence-corrected chi connectivity index (χ3v) is 4.28. The van der Waals surface area contributed by atoms with Gasteiger partial charge in [0.15, 0.2) is 0 Å². The molecule has 0 spiro atoms. The molecule has 0 bridgehead atoms. The highest BCUT2D eigenvalue weighted by atomic mass is 35.5. The van der Waals surface area contributed by atoms with Crippen molar-refractivity contribution in [2.45, 2.75) is 39.7 Å². The van der Waals surface area contributed by atoms with Crippen LogP contribution < -0.4 is 5.32 Å². The van der Waals surface area contributed by atoms with Gasteiger partial charge in [-0.3, -0.25) is 4.68 Å². The maximum Gasteiger partial charge on any atom is 0.131 e. The van der Waals surface area contributed by atoms with Crippen LogP contribution in [-0.4, -0.2) is 16.3 Å². The van der Waals surface area contributed by atoms with Gasteiger partial charge in [-0.1, -0.05) is 24.9 Å². The Hall–Kier alpha value is -0.540. The normalized spacial score (nSPS) is 24.5. The molecule has 2 atom stereocenters. The highest BCUT2D eigenvalue weighted by Gasteiger charge is 2.21. The van der Waals surface area contributed by atoms with Crippen LogP contribution in [0.5, 0.6) is 0 Å². The molecule has 2 unspecified atom stereocenters. The van der Waals surface area contributed by atoms with Gasteiger partial charge in [-0.05, 0) is 38.1 Å². The van der Waals surface area contributed by atoms with E-state index in [0.717, 1.165) is 41.3 Å². The fourth-order valence-corrected chi connectivity index (χ4v) is 3.03. The van der Waals surface area contributed by atoms with Crippen LogP contribution in [0.3, 0.4) is 0 Å². The smallest absolute Gasteiger partial charge is 0.131 e. The first-order valence-electron chi connectivity index (χ1n) is 6.46. The molecule has 1 saturated carbocycles. The number of aromatic nitrogens is 2. The summed E-state index contributed by atoms with van der Waals surface area (Å²) >= 11 is 6.19. The third-order valence-electron chi connectivity index (χ3n) is 3.81. The highest BCUT2D eigenvalue weighted by molar-refractivity contribution is 6.30. The van der Waals surface area contributed by atoms with Gasteiger partial charge in [-0.2, -0.15) is 5.10 Å². The average molecular weight is 256 g/mol. The van der Waals surface area contributed by atoms with Crippen molar-refractivity contribution in [3.8, 4) is 0 Å².